The van der Waals surface area contributed by atoms with E-state index in [-0.39, 0.29) is 11.3 Å². The van der Waals surface area contributed by atoms with E-state index in [0.29, 0.717) is 22.9 Å². The summed E-state index contributed by atoms with van der Waals surface area (Å²) in [5.41, 5.74) is 1.65. The van der Waals surface area contributed by atoms with E-state index in [2.05, 4.69) is 4.98 Å². The highest BCUT2D eigenvalue weighted by Crippen LogP contribution is 2.32. The Hall–Kier alpha value is -4.19. The van der Waals surface area contributed by atoms with Crippen molar-refractivity contribution in [3.05, 3.63) is 65.7 Å². The average molecular weight is 397 g/mol. The van der Waals surface area contributed by atoms with Gasteiger partial charge in [0.05, 0.1) is 11.6 Å². The third-order valence-electron chi connectivity index (χ3n) is 3.98. The van der Waals surface area contributed by atoms with Gasteiger partial charge in [-0.1, -0.05) is 12.1 Å². The zero-order valence-corrected chi connectivity index (χ0v) is 14.9. The van der Waals surface area contributed by atoms with Gasteiger partial charge in [0.2, 0.25) is 0 Å². The molecule has 0 saturated heterocycles. The molecule has 3 aromatic rings. The van der Waals surface area contributed by atoms with Crippen molar-refractivity contribution in [3.63, 3.8) is 0 Å². The van der Waals surface area contributed by atoms with Crippen LogP contribution in [0, 0.1) is 23.0 Å². The maximum Gasteiger partial charge on any atom is 0.411 e. The number of halogens is 2. The van der Waals surface area contributed by atoms with Crippen molar-refractivity contribution in [3.8, 4) is 34.7 Å². The van der Waals surface area contributed by atoms with E-state index in [1.807, 2.05) is 6.07 Å². The fourth-order valence-corrected chi connectivity index (χ4v) is 2.52. The van der Waals surface area contributed by atoms with Crippen molar-refractivity contribution >= 4 is 11.8 Å². The number of pyridine rings is 1. The minimum absolute atomic E-state index is 0.0217. The molecule has 0 aliphatic carbocycles. The molecule has 29 heavy (non-hydrogen) atoms. The molecular formula is C20H13F2N3O4. The second-order valence-electron chi connectivity index (χ2n) is 5.93. The van der Waals surface area contributed by atoms with Crippen LogP contribution in [0.15, 0.2) is 48.5 Å². The molecule has 0 radical (unpaired) electrons. The molecule has 9 heteroatoms. The van der Waals surface area contributed by atoms with Gasteiger partial charge in [0, 0.05) is 18.8 Å². The van der Waals surface area contributed by atoms with Crippen LogP contribution in [0.5, 0.6) is 17.5 Å². The monoisotopic (exact) mass is 397 g/mol. The number of aromatic nitrogens is 1. The molecule has 0 aliphatic heterocycles. The Morgan fingerprint density at radius 1 is 1.14 bits per heavy atom. The lowest BCUT2D eigenvalue weighted by atomic mass is 10.0. The number of amides is 1. The minimum atomic E-state index is -1.24. The van der Waals surface area contributed by atoms with E-state index in [9.17, 15) is 23.9 Å². The number of hydrogen-bond acceptors (Lipinski definition) is 5. The number of benzene rings is 2. The molecule has 1 amide bonds. The molecule has 2 aromatic carbocycles. The number of ether oxygens (including phenoxy) is 1. The summed E-state index contributed by atoms with van der Waals surface area (Å²) in [6.07, 6.45) is -1.14. The van der Waals surface area contributed by atoms with Crippen molar-refractivity contribution in [2.24, 2.45) is 0 Å². The smallest absolute Gasteiger partial charge is 0.411 e. The van der Waals surface area contributed by atoms with Gasteiger partial charge in [-0.25, -0.2) is 13.6 Å². The molecular weight excluding hydrogens is 384 g/mol. The van der Waals surface area contributed by atoms with E-state index in [0.717, 1.165) is 4.90 Å². The van der Waals surface area contributed by atoms with E-state index >= 15 is 0 Å². The zero-order chi connectivity index (χ0) is 21.1. The van der Waals surface area contributed by atoms with Gasteiger partial charge in [-0.2, -0.15) is 10.2 Å². The predicted octanol–water partition coefficient (Wildman–Crippen LogP) is 4.51. The summed E-state index contributed by atoms with van der Waals surface area (Å²) < 4.78 is 32.3. The van der Waals surface area contributed by atoms with Crippen LogP contribution in [-0.4, -0.2) is 28.3 Å². The van der Waals surface area contributed by atoms with E-state index in [4.69, 9.17) is 9.84 Å². The molecule has 0 fully saturated rings. The second kappa shape index (κ2) is 7.82. The quantitative estimate of drug-likeness (QED) is 0.671. The third kappa shape index (κ3) is 4.22. The van der Waals surface area contributed by atoms with Crippen LogP contribution in [0.1, 0.15) is 5.56 Å². The fourth-order valence-electron chi connectivity index (χ4n) is 2.52. The lowest BCUT2D eigenvalue weighted by Gasteiger charge is -2.15. The molecule has 2 N–H and O–H groups in total. The van der Waals surface area contributed by atoms with Gasteiger partial charge in [0.25, 0.3) is 11.8 Å². The first-order valence-electron chi connectivity index (χ1n) is 8.13. The molecule has 0 spiro atoms. The first kappa shape index (κ1) is 19.6. The van der Waals surface area contributed by atoms with Crippen LogP contribution in [0.3, 0.4) is 0 Å². The Morgan fingerprint density at radius 2 is 1.90 bits per heavy atom. The number of aromatic hydroxyl groups is 1. The number of nitrogens with zero attached hydrogens (tertiary/aromatic N) is 3. The molecule has 1 heterocycles. The summed E-state index contributed by atoms with van der Waals surface area (Å²) in [5, 5.41) is 27.7. The normalized spacial score (nSPS) is 10.3. The SMILES string of the molecule is CN(C(=O)O)c1cccc(-c2cc(C#N)cc(Oc3nc(O)c(F)cc3F)c2)c1. The van der Waals surface area contributed by atoms with E-state index < -0.39 is 29.5 Å². The summed E-state index contributed by atoms with van der Waals surface area (Å²) in [6, 6.07) is 13.2. The highest BCUT2D eigenvalue weighted by atomic mass is 19.1. The zero-order valence-electron chi connectivity index (χ0n) is 14.9. The second-order valence-corrected chi connectivity index (χ2v) is 5.93. The summed E-state index contributed by atoms with van der Waals surface area (Å²) in [5.74, 6) is -4.03. The maximum absolute atomic E-state index is 13.9. The van der Waals surface area contributed by atoms with Crippen molar-refractivity contribution < 1.29 is 28.5 Å². The molecule has 7 nitrogen and oxygen atoms in total. The Morgan fingerprint density at radius 3 is 2.59 bits per heavy atom. The maximum atomic E-state index is 13.9. The van der Waals surface area contributed by atoms with Crippen LogP contribution in [0.25, 0.3) is 11.1 Å². The number of rotatable bonds is 4. The molecule has 0 saturated carbocycles. The van der Waals surface area contributed by atoms with Crippen LogP contribution in [-0.2, 0) is 0 Å². The first-order valence-corrected chi connectivity index (χ1v) is 8.13. The van der Waals surface area contributed by atoms with E-state index in [1.165, 1.54) is 19.2 Å². The standard InChI is InChI=1S/C20H13F2N3O4/c1-25(20(27)28)14-4-2-3-12(7-14)13-5-11(10-23)6-15(8-13)29-19-17(22)9-16(21)18(26)24-19/h2-9H,1H3,(H,24,26)(H,27,28). The number of carbonyl (C=O) groups is 1. The topological polar surface area (TPSA) is 107 Å². The van der Waals surface area contributed by atoms with Gasteiger partial charge < -0.3 is 14.9 Å². The van der Waals surface area contributed by atoms with Crippen molar-refractivity contribution in [1.29, 1.82) is 5.26 Å². The predicted molar refractivity (Wildman–Crippen MR) is 98.9 cm³/mol. The summed E-state index contributed by atoms with van der Waals surface area (Å²) in [7, 11) is 1.39. The van der Waals surface area contributed by atoms with Gasteiger partial charge in [0.1, 0.15) is 5.75 Å². The largest absolute Gasteiger partial charge is 0.491 e. The number of anilines is 1. The molecule has 0 atom stereocenters. The summed E-state index contributed by atoms with van der Waals surface area (Å²) in [4.78, 5) is 15.5. The van der Waals surface area contributed by atoms with Crippen LogP contribution >= 0.6 is 0 Å². The fraction of sp³-hybridized carbons (Fsp3) is 0.0500. The number of hydrogen-bond donors (Lipinski definition) is 2. The Labute approximate surface area is 163 Å². The lowest BCUT2D eigenvalue weighted by molar-refractivity contribution is 0.203. The average Bonchev–Trinajstić information content (AvgIpc) is 2.71. The molecule has 3 rings (SSSR count). The van der Waals surface area contributed by atoms with Gasteiger partial charge in [-0.15, -0.1) is 0 Å². The van der Waals surface area contributed by atoms with Crippen molar-refractivity contribution in [2.45, 2.75) is 0 Å². The molecule has 146 valence electrons. The van der Waals surface area contributed by atoms with Crippen molar-refractivity contribution in [1.82, 2.24) is 4.98 Å². The van der Waals surface area contributed by atoms with Gasteiger partial charge in [0.15, 0.2) is 11.6 Å². The highest BCUT2D eigenvalue weighted by molar-refractivity contribution is 5.86. The third-order valence-corrected chi connectivity index (χ3v) is 3.98. The first-order chi connectivity index (χ1) is 13.8. The number of carboxylic acid groups (broad SMARTS) is 1. The Kier molecular flexibility index (Phi) is 5.27. The van der Waals surface area contributed by atoms with Crippen molar-refractivity contribution in [2.75, 3.05) is 11.9 Å². The molecule has 0 unspecified atom stereocenters. The Balaban J connectivity index is 2.03. The van der Waals surface area contributed by atoms with Gasteiger partial charge in [-0.3, -0.25) is 4.90 Å². The van der Waals surface area contributed by atoms with Gasteiger partial charge >= 0.3 is 6.09 Å². The van der Waals surface area contributed by atoms with E-state index in [1.54, 1.807) is 30.3 Å². The molecule has 1 aromatic heterocycles. The lowest BCUT2D eigenvalue weighted by Crippen LogP contribution is -2.23. The van der Waals surface area contributed by atoms with Crippen LogP contribution < -0.4 is 9.64 Å². The molecule has 0 aliphatic rings. The molecule has 0 bridgehead atoms. The van der Waals surface area contributed by atoms with Crippen LogP contribution in [0.2, 0.25) is 0 Å². The van der Waals surface area contributed by atoms with Crippen LogP contribution in [0.4, 0.5) is 19.3 Å². The minimum Gasteiger partial charge on any atom is -0.491 e. The van der Waals surface area contributed by atoms with Gasteiger partial charge in [-0.05, 0) is 41.5 Å². The highest BCUT2D eigenvalue weighted by Gasteiger charge is 2.15. The summed E-state index contributed by atoms with van der Waals surface area (Å²) in [6.45, 7) is 0. The summed E-state index contributed by atoms with van der Waals surface area (Å²) >= 11 is 0. The Bertz CT molecular complexity index is 1150. The number of nitriles is 1.